The molecule has 0 aliphatic carbocycles. The van der Waals surface area contributed by atoms with Gasteiger partial charge < -0.3 is 20.1 Å². The second-order valence-electron chi connectivity index (χ2n) is 5.85. The van der Waals surface area contributed by atoms with Gasteiger partial charge in [-0.1, -0.05) is 29.8 Å². The normalized spacial score (nSPS) is 21.7. The van der Waals surface area contributed by atoms with Crippen LogP contribution in [0.4, 0.5) is 0 Å². The van der Waals surface area contributed by atoms with Crippen LogP contribution in [0.2, 0.25) is 0 Å². The van der Waals surface area contributed by atoms with Gasteiger partial charge in [0.05, 0.1) is 24.4 Å². The Morgan fingerprint density at radius 2 is 1.64 bits per heavy atom. The minimum absolute atomic E-state index is 0.0357. The first-order valence-corrected chi connectivity index (χ1v) is 7.47. The van der Waals surface area contributed by atoms with E-state index in [-0.39, 0.29) is 24.2 Å². The van der Waals surface area contributed by atoms with E-state index in [0.717, 1.165) is 16.7 Å². The summed E-state index contributed by atoms with van der Waals surface area (Å²) in [5.74, 6) is 0.0714. The lowest BCUT2D eigenvalue weighted by Gasteiger charge is -2.27. The second kappa shape index (κ2) is 5.99. The van der Waals surface area contributed by atoms with Gasteiger partial charge in [-0.3, -0.25) is 0 Å². The van der Waals surface area contributed by atoms with Gasteiger partial charge in [-0.05, 0) is 43.0 Å². The summed E-state index contributed by atoms with van der Waals surface area (Å²) >= 11 is 0. The summed E-state index contributed by atoms with van der Waals surface area (Å²) in [5.41, 5.74) is 3.05. The molecule has 4 nitrogen and oxygen atoms in total. The average Bonchev–Trinajstić information content (AvgIpc) is 2.49. The predicted molar refractivity (Wildman–Crippen MR) is 83.9 cm³/mol. The molecule has 2 aromatic carbocycles. The smallest absolute Gasteiger partial charge is 0.127 e. The molecule has 1 saturated heterocycles. The molecule has 0 radical (unpaired) electrons. The van der Waals surface area contributed by atoms with Gasteiger partial charge in [-0.25, -0.2) is 0 Å². The number of aryl methyl sites for hydroxylation is 1. The Morgan fingerprint density at radius 3 is 2.18 bits per heavy atom. The first-order valence-electron chi connectivity index (χ1n) is 7.47. The molecule has 3 N–H and O–H groups in total. The standard InChI is InChI=1S/C18H20O4/c1-11-2-4-12(5-3-11)18-15(20)8-13(9-16(18)21)17-7-6-14(19)10-22-17/h2-5,8-9,14,17,19-21H,6-7,10H2,1H3. The van der Waals surface area contributed by atoms with E-state index in [2.05, 4.69) is 0 Å². The summed E-state index contributed by atoms with van der Waals surface area (Å²) in [6.45, 7) is 2.27. The van der Waals surface area contributed by atoms with Gasteiger partial charge in [0.15, 0.2) is 0 Å². The predicted octanol–water partition coefficient (Wildman–Crippen LogP) is 3.29. The maximum atomic E-state index is 10.3. The van der Waals surface area contributed by atoms with Gasteiger partial charge in [0, 0.05) is 0 Å². The van der Waals surface area contributed by atoms with Crippen molar-refractivity contribution in [1.82, 2.24) is 0 Å². The molecular weight excluding hydrogens is 280 g/mol. The largest absolute Gasteiger partial charge is 0.507 e. The van der Waals surface area contributed by atoms with Crippen LogP contribution < -0.4 is 0 Å². The molecule has 0 amide bonds. The third-order valence-corrected chi connectivity index (χ3v) is 4.08. The highest BCUT2D eigenvalue weighted by atomic mass is 16.5. The highest BCUT2D eigenvalue weighted by Crippen LogP contribution is 2.41. The Labute approximate surface area is 129 Å². The van der Waals surface area contributed by atoms with Gasteiger partial charge in [0.1, 0.15) is 11.5 Å². The number of aliphatic hydroxyl groups excluding tert-OH is 1. The lowest BCUT2D eigenvalue weighted by atomic mass is 9.95. The van der Waals surface area contributed by atoms with E-state index in [9.17, 15) is 15.3 Å². The maximum Gasteiger partial charge on any atom is 0.127 e. The molecule has 1 aliphatic rings. The van der Waals surface area contributed by atoms with Crippen LogP contribution in [0, 0.1) is 6.92 Å². The molecule has 0 bridgehead atoms. The summed E-state index contributed by atoms with van der Waals surface area (Å²) in [4.78, 5) is 0. The van der Waals surface area contributed by atoms with Gasteiger partial charge in [-0.2, -0.15) is 0 Å². The highest BCUT2D eigenvalue weighted by Gasteiger charge is 2.23. The highest BCUT2D eigenvalue weighted by molar-refractivity contribution is 5.77. The molecule has 0 spiro atoms. The minimum Gasteiger partial charge on any atom is -0.507 e. The number of aromatic hydroxyl groups is 2. The Hall–Kier alpha value is -2.04. The van der Waals surface area contributed by atoms with Crippen LogP contribution >= 0.6 is 0 Å². The van der Waals surface area contributed by atoms with Gasteiger partial charge >= 0.3 is 0 Å². The fourth-order valence-electron chi connectivity index (χ4n) is 2.84. The van der Waals surface area contributed by atoms with E-state index < -0.39 is 6.10 Å². The van der Waals surface area contributed by atoms with Crippen molar-refractivity contribution in [2.24, 2.45) is 0 Å². The van der Waals surface area contributed by atoms with Crippen molar-refractivity contribution in [2.45, 2.75) is 32.0 Å². The molecule has 1 fully saturated rings. The van der Waals surface area contributed by atoms with E-state index in [4.69, 9.17) is 4.74 Å². The number of ether oxygens (including phenoxy) is 1. The van der Waals surface area contributed by atoms with Crippen LogP contribution in [-0.4, -0.2) is 28.0 Å². The summed E-state index contributed by atoms with van der Waals surface area (Å²) in [5, 5.41) is 30.1. The van der Waals surface area contributed by atoms with Crippen molar-refractivity contribution in [3.63, 3.8) is 0 Å². The summed E-state index contributed by atoms with van der Waals surface area (Å²) in [7, 11) is 0. The van der Waals surface area contributed by atoms with Crippen LogP contribution in [0.1, 0.15) is 30.1 Å². The van der Waals surface area contributed by atoms with Gasteiger partial charge in [0.25, 0.3) is 0 Å². The second-order valence-corrected chi connectivity index (χ2v) is 5.85. The first kappa shape index (κ1) is 14.9. The molecule has 116 valence electrons. The monoisotopic (exact) mass is 300 g/mol. The number of benzene rings is 2. The van der Waals surface area contributed by atoms with E-state index >= 15 is 0 Å². The zero-order chi connectivity index (χ0) is 15.7. The fourth-order valence-corrected chi connectivity index (χ4v) is 2.84. The van der Waals surface area contributed by atoms with Crippen LogP contribution in [0.25, 0.3) is 11.1 Å². The van der Waals surface area contributed by atoms with E-state index in [1.165, 1.54) is 0 Å². The van der Waals surface area contributed by atoms with Crippen molar-refractivity contribution in [1.29, 1.82) is 0 Å². The maximum absolute atomic E-state index is 10.3. The Kier molecular flexibility index (Phi) is 4.05. The first-order chi connectivity index (χ1) is 10.5. The lowest BCUT2D eigenvalue weighted by Crippen LogP contribution is -2.24. The average molecular weight is 300 g/mol. The molecule has 0 aromatic heterocycles. The Morgan fingerprint density at radius 1 is 1.00 bits per heavy atom. The Bertz CT molecular complexity index is 632. The Balaban J connectivity index is 1.93. The summed E-state index contributed by atoms with van der Waals surface area (Å²) in [6.07, 6.45) is 0.702. The number of hydrogen-bond donors (Lipinski definition) is 3. The summed E-state index contributed by atoms with van der Waals surface area (Å²) in [6, 6.07) is 10.9. The minimum atomic E-state index is -0.426. The summed E-state index contributed by atoms with van der Waals surface area (Å²) < 4.78 is 5.58. The lowest BCUT2D eigenvalue weighted by molar-refractivity contribution is -0.0569. The zero-order valence-electron chi connectivity index (χ0n) is 12.5. The van der Waals surface area contributed by atoms with Crippen LogP contribution in [0.15, 0.2) is 36.4 Å². The van der Waals surface area contributed by atoms with E-state index in [0.29, 0.717) is 18.4 Å². The zero-order valence-corrected chi connectivity index (χ0v) is 12.5. The van der Waals surface area contributed by atoms with E-state index in [1.54, 1.807) is 12.1 Å². The molecule has 2 unspecified atom stereocenters. The van der Waals surface area contributed by atoms with Crippen molar-refractivity contribution >= 4 is 0 Å². The van der Waals surface area contributed by atoms with Crippen LogP contribution in [0.3, 0.4) is 0 Å². The molecule has 22 heavy (non-hydrogen) atoms. The molecule has 1 heterocycles. The quantitative estimate of drug-likeness (QED) is 0.796. The molecule has 2 aromatic rings. The van der Waals surface area contributed by atoms with Gasteiger partial charge in [0.2, 0.25) is 0 Å². The molecule has 0 saturated carbocycles. The number of hydrogen-bond acceptors (Lipinski definition) is 4. The van der Waals surface area contributed by atoms with Crippen LogP contribution in [-0.2, 0) is 4.74 Å². The third-order valence-electron chi connectivity index (χ3n) is 4.08. The number of rotatable bonds is 2. The van der Waals surface area contributed by atoms with Crippen molar-refractivity contribution in [3.8, 4) is 22.6 Å². The van der Waals surface area contributed by atoms with E-state index in [1.807, 2.05) is 31.2 Å². The van der Waals surface area contributed by atoms with Crippen molar-refractivity contribution < 1.29 is 20.1 Å². The number of aliphatic hydroxyl groups is 1. The third kappa shape index (κ3) is 2.93. The van der Waals surface area contributed by atoms with Crippen molar-refractivity contribution in [2.75, 3.05) is 6.61 Å². The van der Waals surface area contributed by atoms with Crippen molar-refractivity contribution in [3.05, 3.63) is 47.5 Å². The SMILES string of the molecule is Cc1ccc(-c2c(O)cc(C3CCC(O)CO3)cc2O)cc1. The molecule has 1 aliphatic heterocycles. The molecular formula is C18H20O4. The number of phenolic OH excluding ortho intramolecular Hbond substituents is 2. The molecule has 2 atom stereocenters. The fraction of sp³-hybridized carbons (Fsp3) is 0.333. The molecule has 4 heteroatoms. The molecule has 3 rings (SSSR count). The van der Waals surface area contributed by atoms with Gasteiger partial charge in [-0.15, -0.1) is 0 Å². The topological polar surface area (TPSA) is 69.9 Å². The van der Waals surface area contributed by atoms with Crippen LogP contribution in [0.5, 0.6) is 11.5 Å². The number of phenols is 2.